The molecular formula is C24H32N2O14S2. The minimum atomic E-state index is -4.93. The highest BCUT2D eigenvalue weighted by atomic mass is 32.2. The van der Waals surface area contributed by atoms with Gasteiger partial charge in [0.05, 0.1) is 37.3 Å². The first-order valence-electron chi connectivity index (χ1n) is 11.1. The topological polar surface area (TPSA) is 337 Å². The van der Waals surface area contributed by atoms with E-state index in [9.17, 15) is 50.2 Å². The summed E-state index contributed by atoms with van der Waals surface area (Å²) in [6.45, 7) is 5.35. The van der Waals surface area contributed by atoms with E-state index in [1.807, 2.05) is 0 Å². The zero-order valence-electron chi connectivity index (χ0n) is 23.3. The van der Waals surface area contributed by atoms with E-state index in [0.29, 0.717) is 0 Å². The molecule has 0 radical (unpaired) electrons. The van der Waals surface area contributed by atoms with Gasteiger partial charge in [-0.25, -0.2) is 31.2 Å². The zero-order chi connectivity index (χ0) is 31.2. The smallest absolute Gasteiger partial charge is 0.335 e. The number of hydrogen-bond acceptors (Lipinski definition) is 10. The number of hydrogen-bond donors (Lipinski definition) is 6. The van der Waals surface area contributed by atoms with Gasteiger partial charge in [-0.3, -0.25) is 4.79 Å². The third kappa shape index (κ3) is 7.46. The molecule has 0 saturated heterocycles. The summed E-state index contributed by atoms with van der Waals surface area (Å²) in [4.78, 5) is 43.6. The lowest BCUT2D eigenvalue weighted by molar-refractivity contribution is -0.144. The Kier molecular flexibility index (Phi) is 11.3. The monoisotopic (exact) mass is 636 g/mol. The molecule has 0 aliphatic heterocycles. The fourth-order valence-electron chi connectivity index (χ4n) is 5.09. The maximum Gasteiger partial charge on any atom is 0.335 e. The lowest BCUT2D eigenvalue weighted by Crippen LogP contribution is -2.56. The largest absolute Gasteiger partial charge is 0.748 e. The highest BCUT2D eigenvalue weighted by Crippen LogP contribution is 2.52. The summed E-state index contributed by atoms with van der Waals surface area (Å²) >= 11 is 0. The van der Waals surface area contributed by atoms with Gasteiger partial charge in [0.15, 0.2) is 0 Å². The van der Waals surface area contributed by atoms with Gasteiger partial charge in [-0.05, 0) is 35.1 Å². The Hall–Kier alpha value is -3.94. The van der Waals surface area contributed by atoms with Crippen LogP contribution < -0.4 is 12.3 Å². The third-order valence-corrected chi connectivity index (χ3v) is 9.28. The molecule has 12 N–H and O–H groups in total. The fourth-order valence-corrected chi connectivity index (χ4v) is 7.54. The van der Waals surface area contributed by atoms with Crippen LogP contribution >= 0.6 is 0 Å². The maximum absolute atomic E-state index is 11.6. The van der Waals surface area contributed by atoms with Crippen molar-refractivity contribution in [3.8, 4) is 0 Å². The summed E-state index contributed by atoms with van der Waals surface area (Å²) in [7, 11) is -9.83. The zero-order valence-corrected chi connectivity index (χ0v) is 24.9. The fraction of sp³-hybridized carbons (Fsp3) is 0.333. The summed E-state index contributed by atoms with van der Waals surface area (Å²) in [6.07, 6.45) is 1.03. The van der Waals surface area contributed by atoms with Crippen LogP contribution in [0.3, 0.4) is 0 Å². The van der Waals surface area contributed by atoms with Crippen LogP contribution in [0.1, 0.15) is 48.4 Å². The third-order valence-electron chi connectivity index (χ3n) is 6.63. The summed E-state index contributed by atoms with van der Waals surface area (Å²) < 4.78 is 68.4. The van der Waals surface area contributed by atoms with Gasteiger partial charge in [0.2, 0.25) is 0 Å². The van der Waals surface area contributed by atoms with Crippen molar-refractivity contribution in [3.63, 3.8) is 0 Å². The normalized spacial score (nSPS) is 19.0. The predicted molar refractivity (Wildman–Crippen MR) is 146 cm³/mol. The number of rotatable bonds is 6. The molecule has 2 unspecified atom stereocenters. The first kappa shape index (κ1) is 38.1. The Morgan fingerprint density at radius 3 is 1.64 bits per heavy atom. The summed E-state index contributed by atoms with van der Waals surface area (Å²) in [6, 6.07) is 5.35. The number of carbonyl (C=O) groups is 4. The first-order chi connectivity index (χ1) is 17.9. The van der Waals surface area contributed by atoms with Crippen LogP contribution in [0.2, 0.25) is 0 Å². The van der Waals surface area contributed by atoms with Gasteiger partial charge in [0.25, 0.3) is 0 Å². The molecule has 0 heterocycles. The molecule has 0 spiro atoms. The lowest BCUT2D eigenvalue weighted by atomic mass is 9.60. The van der Waals surface area contributed by atoms with E-state index in [1.165, 1.54) is 39.8 Å². The molecule has 42 heavy (non-hydrogen) atoms. The SMILES string of the molecule is CC1(C)C(C(=O)O)=CC(C(=O)O)C(C)(C)C1S(=O)(=O)[O-].O=C(O)c1cc(S(=O)(=O)[O-])c2cc(C(=O)O)ccc2c1.[NH4+].[NH4+]. The molecule has 1 aliphatic rings. The Balaban J connectivity index is 0.000000764. The van der Waals surface area contributed by atoms with Crippen LogP contribution in [0, 0.1) is 16.7 Å². The maximum atomic E-state index is 11.6. The molecule has 0 aromatic heterocycles. The molecule has 1 aliphatic carbocycles. The van der Waals surface area contributed by atoms with Crippen molar-refractivity contribution < 1.29 is 65.5 Å². The van der Waals surface area contributed by atoms with Crippen LogP contribution in [0.4, 0.5) is 0 Å². The van der Waals surface area contributed by atoms with Crippen LogP contribution in [0.15, 0.2) is 46.9 Å². The minimum Gasteiger partial charge on any atom is -0.748 e. The molecule has 3 rings (SSSR count). The molecule has 0 amide bonds. The number of quaternary nitrogens is 2. The van der Waals surface area contributed by atoms with E-state index in [2.05, 4.69) is 0 Å². The van der Waals surface area contributed by atoms with Crippen LogP contribution in [0.5, 0.6) is 0 Å². The van der Waals surface area contributed by atoms with Gasteiger partial charge in [-0.2, -0.15) is 0 Å². The quantitative estimate of drug-likeness (QED) is 0.248. The molecule has 0 fully saturated rings. The Bertz CT molecular complexity index is 1680. The van der Waals surface area contributed by atoms with E-state index in [0.717, 1.165) is 24.3 Å². The number of aromatic carboxylic acids is 2. The Morgan fingerprint density at radius 1 is 0.762 bits per heavy atom. The van der Waals surface area contributed by atoms with Crippen LogP contribution in [-0.2, 0) is 29.8 Å². The van der Waals surface area contributed by atoms with Gasteiger partial charge in [0, 0.05) is 16.4 Å². The molecule has 2 aromatic carbocycles. The van der Waals surface area contributed by atoms with Crippen molar-refractivity contribution in [3.05, 3.63) is 53.1 Å². The van der Waals surface area contributed by atoms with Gasteiger partial charge in [-0.1, -0.05) is 39.8 Å². The lowest BCUT2D eigenvalue weighted by Gasteiger charge is -2.51. The standard InChI is InChI=1S/C12H8O7S.C12H18O7S.2H3N/c13-11(14)7-2-1-6-3-8(12(15)16)5-10(9(6)4-7)20(17,18)19;1-11(2)6(8(13)14)5-7(9(15)16)12(3,4)10(11)20(17,18)19;;/h1-5H,(H,13,14)(H,15,16)(H,17,18,19);5-6,10H,1-4H3,(H,13,14)(H,15,16)(H,17,18,19);2*1H3. The molecule has 18 heteroatoms. The van der Waals surface area contributed by atoms with Gasteiger partial charge in [-0.15, -0.1) is 0 Å². The second-order valence-corrected chi connectivity index (χ2v) is 12.9. The second kappa shape index (κ2) is 12.5. The molecule has 234 valence electrons. The summed E-state index contributed by atoms with van der Waals surface area (Å²) in [5, 5.41) is 34.5. The van der Waals surface area contributed by atoms with E-state index in [4.69, 9.17) is 15.3 Å². The van der Waals surface area contributed by atoms with Gasteiger partial charge in [0.1, 0.15) is 10.1 Å². The first-order valence-corrected chi connectivity index (χ1v) is 13.9. The number of aliphatic carboxylic acids is 2. The molecule has 2 atom stereocenters. The second-order valence-electron chi connectivity index (χ2n) is 10.1. The Labute approximate surface area is 240 Å². The van der Waals surface area contributed by atoms with Crippen LogP contribution in [0.25, 0.3) is 10.8 Å². The summed E-state index contributed by atoms with van der Waals surface area (Å²) in [5.41, 5.74) is -3.84. The van der Waals surface area contributed by atoms with Crippen molar-refractivity contribution in [1.82, 2.24) is 12.3 Å². The van der Waals surface area contributed by atoms with E-state index < -0.39 is 71.0 Å². The molecule has 2 aromatic rings. The van der Waals surface area contributed by atoms with Gasteiger partial charge >= 0.3 is 23.9 Å². The van der Waals surface area contributed by atoms with Crippen LogP contribution in [-0.4, -0.2) is 75.5 Å². The van der Waals surface area contributed by atoms with E-state index in [-0.39, 0.29) is 39.8 Å². The summed E-state index contributed by atoms with van der Waals surface area (Å²) in [5.74, 6) is -6.83. The molecule has 16 nitrogen and oxygen atoms in total. The number of carboxylic acid groups (broad SMARTS) is 4. The minimum absolute atomic E-state index is 0. The Morgan fingerprint density at radius 2 is 1.26 bits per heavy atom. The van der Waals surface area contributed by atoms with Crippen molar-refractivity contribution >= 4 is 54.9 Å². The van der Waals surface area contributed by atoms with Crippen molar-refractivity contribution in [2.75, 3.05) is 0 Å². The predicted octanol–water partition coefficient (Wildman–Crippen LogP) is 2.57. The molecular weight excluding hydrogens is 604 g/mol. The molecule has 0 bridgehead atoms. The average Bonchev–Trinajstić information content (AvgIpc) is 2.74. The highest BCUT2D eigenvalue weighted by molar-refractivity contribution is 7.86. The number of benzene rings is 2. The number of fused-ring (bicyclic) bond motifs is 1. The van der Waals surface area contributed by atoms with Gasteiger partial charge < -0.3 is 41.8 Å². The number of carboxylic acids is 4. The van der Waals surface area contributed by atoms with E-state index in [1.54, 1.807) is 0 Å². The van der Waals surface area contributed by atoms with Crippen molar-refractivity contribution in [2.45, 2.75) is 37.8 Å². The van der Waals surface area contributed by atoms with E-state index >= 15 is 0 Å². The van der Waals surface area contributed by atoms with Crippen molar-refractivity contribution in [1.29, 1.82) is 0 Å². The molecule has 0 saturated carbocycles. The van der Waals surface area contributed by atoms with Crippen molar-refractivity contribution in [2.24, 2.45) is 16.7 Å². The average molecular weight is 637 g/mol. The highest BCUT2D eigenvalue weighted by Gasteiger charge is 2.56.